The molecule has 0 aromatic rings. The molecule has 0 radical (unpaired) electrons. The van der Waals surface area contributed by atoms with E-state index in [1.165, 1.54) is 32.1 Å². The quantitative estimate of drug-likeness (QED) is 0.341. The molecular formula is C18H35FO2. The Morgan fingerprint density at radius 3 is 1.71 bits per heavy atom. The van der Waals surface area contributed by atoms with Crippen molar-refractivity contribution in [3.05, 3.63) is 0 Å². The average Bonchev–Trinajstić information content (AvgIpc) is 2.45. The van der Waals surface area contributed by atoms with Crippen molar-refractivity contribution in [3.8, 4) is 0 Å². The van der Waals surface area contributed by atoms with E-state index in [0.717, 1.165) is 51.4 Å². The summed E-state index contributed by atoms with van der Waals surface area (Å²) >= 11 is 0. The molecule has 0 bridgehead atoms. The molecule has 0 saturated carbocycles. The molecule has 3 heteroatoms. The summed E-state index contributed by atoms with van der Waals surface area (Å²) in [7, 11) is 0. The van der Waals surface area contributed by atoms with Gasteiger partial charge in [0.15, 0.2) is 0 Å². The second-order valence-electron chi connectivity index (χ2n) is 6.21. The zero-order chi connectivity index (χ0) is 15.8. The number of rotatable bonds is 16. The van der Waals surface area contributed by atoms with Gasteiger partial charge in [-0.1, -0.05) is 77.6 Å². The number of carboxylic acid groups (broad SMARTS) is 1. The van der Waals surface area contributed by atoms with E-state index in [1.807, 2.05) is 0 Å². The first-order valence-electron chi connectivity index (χ1n) is 9.02. The second kappa shape index (κ2) is 15.8. The van der Waals surface area contributed by atoms with Gasteiger partial charge in [0.25, 0.3) is 0 Å². The molecular weight excluding hydrogens is 267 g/mol. The molecule has 0 spiro atoms. The monoisotopic (exact) mass is 302 g/mol. The lowest BCUT2D eigenvalue weighted by atomic mass is 10.0. The first kappa shape index (κ1) is 20.4. The molecule has 21 heavy (non-hydrogen) atoms. The van der Waals surface area contributed by atoms with Crippen LogP contribution in [-0.4, -0.2) is 17.2 Å². The maximum absolute atomic E-state index is 13.6. The molecule has 0 aromatic carbocycles. The van der Waals surface area contributed by atoms with Crippen molar-refractivity contribution >= 4 is 5.97 Å². The van der Waals surface area contributed by atoms with E-state index in [0.29, 0.717) is 6.42 Å². The molecule has 2 nitrogen and oxygen atoms in total. The highest BCUT2D eigenvalue weighted by molar-refractivity contribution is 5.66. The van der Waals surface area contributed by atoms with Crippen molar-refractivity contribution < 1.29 is 14.3 Å². The standard InChI is InChI=1S/C18H35FO2/c1-2-3-4-5-8-11-14-17(19)15-12-9-6-7-10-13-16-18(20)21/h17H,2-16H2,1H3,(H,20,21)/t17-/m1/s1. The number of carbonyl (C=O) groups is 1. The highest BCUT2D eigenvalue weighted by Crippen LogP contribution is 2.16. The Kier molecular flexibility index (Phi) is 15.3. The van der Waals surface area contributed by atoms with Gasteiger partial charge < -0.3 is 5.11 Å². The van der Waals surface area contributed by atoms with Gasteiger partial charge in [-0.2, -0.15) is 0 Å². The Morgan fingerprint density at radius 2 is 1.24 bits per heavy atom. The van der Waals surface area contributed by atoms with E-state index in [2.05, 4.69) is 6.92 Å². The summed E-state index contributed by atoms with van der Waals surface area (Å²) in [5.41, 5.74) is 0. The summed E-state index contributed by atoms with van der Waals surface area (Å²) in [5.74, 6) is -0.704. The van der Waals surface area contributed by atoms with Crippen LogP contribution < -0.4 is 0 Å². The summed E-state index contributed by atoms with van der Waals surface area (Å²) in [6, 6.07) is 0. The van der Waals surface area contributed by atoms with Crippen LogP contribution in [0.1, 0.15) is 103 Å². The lowest BCUT2D eigenvalue weighted by Crippen LogP contribution is -2.00. The van der Waals surface area contributed by atoms with Gasteiger partial charge in [0.05, 0.1) is 0 Å². The maximum atomic E-state index is 13.6. The normalized spacial score (nSPS) is 12.5. The van der Waals surface area contributed by atoms with Gasteiger partial charge in [0.1, 0.15) is 6.17 Å². The Hall–Kier alpha value is -0.600. The van der Waals surface area contributed by atoms with Crippen molar-refractivity contribution in [2.75, 3.05) is 0 Å². The fourth-order valence-corrected chi connectivity index (χ4v) is 2.64. The molecule has 0 rings (SSSR count). The molecule has 0 aliphatic rings. The van der Waals surface area contributed by atoms with Crippen LogP contribution in [0.25, 0.3) is 0 Å². The molecule has 126 valence electrons. The van der Waals surface area contributed by atoms with Crippen LogP contribution in [0, 0.1) is 0 Å². The van der Waals surface area contributed by atoms with Crippen molar-refractivity contribution in [1.29, 1.82) is 0 Å². The summed E-state index contributed by atoms with van der Waals surface area (Å²) in [4.78, 5) is 10.3. The number of hydrogen-bond acceptors (Lipinski definition) is 1. The van der Waals surface area contributed by atoms with Crippen LogP contribution in [0.2, 0.25) is 0 Å². The Bertz CT molecular complexity index is 231. The van der Waals surface area contributed by atoms with E-state index in [4.69, 9.17) is 5.11 Å². The summed E-state index contributed by atoms with van der Waals surface area (Å²) in [5, 5.41) is 8.50. The second-order valence-corrected chi connectivity index (χ2v) is 6.21. The maximum Gasteiger partial charge on any atom is 0.303 e. The Balaban J connectivity index is 3.15. The van der Waals surface area contributed by atoms with Crippen LogP contribution in [0.15, 0.2) is 0 Å². The van der Waals surface area contributed by atoms with E-state index < -0.39 is 12.1 Å². The summed E-state index contributed by atoms with van der Waals surface area (Å²) in [6.45, 7) is 2.21. The largest absolute Gasteiger partial charge is 0.481 e. The topological polar surface area (TPSA) is 37.3 Å². The lowest BCUT2D eigenvalue weighted by molar-refractivity contribution is -0.137. The van der Waals surface area contributed by atoms with Gasteiger partial charge >= 0.3 is 5.97 Å². The van der Waals surface area contributed by atoms with Crippen LogP contribution >= 0.6 is 0 Å². The number of hydrogen-bond donors (Lipinski definition) is 1. The molecule has 0 aliphatic carbocycles. The number of halogens is 1. The van der Waals surface area contributed by atoms with Crippen LogP contribution in [0.4, 0.5) is 4.39 Å². The zero-order valence-corrected chi connectivity index (χ0v) is 13.9. The van der Waals surface area contributed by atoms with Gasteiger partial charge in [-0.3, -0.25) is 4.79 Å². The van der Waals surface area contributed by atoms with Crippen molar-refractivity contribution in [2.24, 2.45) is 0 Å². The lowest BCUT2D eigenvalue weighted by Gasteiger charge is -2.08. The highest BCUT2D eigenvalue weighted by atomic mass is 19.1. The minimum Gasteiger partial charge on any atom is -0.481 e. The molecule has 1 atom stereocenters. The molecule has 0 fully saturated rings. The number of alkyl halides is 1. The van der Waals surface area contributed by atoms with Crippen LogP contribution in [0.3, 0.4) is 0 Å². The fraction of sp³-hybridized carbons (Fsp3) is 0.944. The molecule has 0 unspecified atom stereocenters. The minimum absolute atomic E-state index is 0.283. The van der Waals surface area contributed by atoms with Crippen LogP contribution in [0.5, 0.6) is 0 Å². The smallest absolute Gasteiger partial charge is 0.303 e. The van der Waals surface area contributed by atoms with E-state index >= 15 is 0 Å². The molecule has 0 heterocycles. The van der Waals surface area contributed by atoms with Gasteiger partial charge in [-0.25, -0.2) is 4.39 Å². The third-order valence-electron chi connectivity index (χ3n) is 4.03. The first-order valence-corrected chi connectivity index (χ1v) is 9.02. The predicted octanol–water partition coefficient (Wildman–Crippen LogP) is 6.28. The van der Waals surface area contributed by atoms with Crippen molar-refractivity contribution in [3.63, 3.8) is 0 Å². The van der Waals surface area contributed by atoms with Crippen molar-refractivity contribution in [2.45, 2.75) is 109 Å². The van der Waals surface area contributed by atoms with Crippen molar-refractivity contribution in [1.82, 2.24) is 0 Å². The molecule has 0 saturated heterocycles. The average molecular weight is 302 g/mol. The predicted molar refractivity (Wildman–Crippen MR) is 87.5 cm³/mol. The van der Waals surface area contributed by atoms with Gasteiger partial charge in [-0.15, -0.1) is 0 Å². The van der Waals surface area contributed by atoms with Gasteiger partial charge in [-0.05, 0) is 19.3 Å². The van der Waals surface area contributed by atoms with Crippen LogP contribution in [-0.2, 0) is 4.79 Å². The highest BCUT2D eigenvalue weighted by Gasteiger charge is 2.05. The Morgan fingerprint density at radius 1 is 0.810 bits per heavy atom. The minimum atomic E-state index is -0.704. The third kappa shape index (κ3) is 17.3. The first-order chi connectivity index (χ1) is 10.2. The zero-order valence-electron chi connectivity index (χ0n) is 13.9. The fourth-order valence-electron chi connectivity index (χ4n) is 2.64. The number of carboxylic acids is 1. The van der Waals surface area contributed by atoms with Gasteiger partial charge in [0.2, 0.25) is 0 Å². The molecule has 0 aliphatic heterocycles. The van der Waals surface area contributed by atoms with E-state index in [1.54, 1.807) is 0 Å². The van der Waals surface area contributed by atoms with Gasteiger partial charge in [0, 0.05) is 6.42 Å². The molecule has 0 aromatic heterocycles. The molecule has 1 N–H and O–H groups in total. The van der Waals surface area contributed by atoms with E-state index in [-0.39, 0.29) is 6.42 Å². The number of unbranched alkanes of at least 4 members (excludes halogenated alkanes) is 10. The summed E-state index contributed by atoms with van der Waals surface area (Å²) < 4.78 is 13.6. The number of aliphatic carboxylic acids is 1. The molecule has 0 amide bonds. The summed E-state index contributed by atoms with van der Waals surface area (Å²) in [6.07, 6.45) is 14.5. The Labute approximate surface area is 130 Å². The third-order valence-corrected chi connectivity index (χ3v) is 4.03. The SMILES string of the molecule is CCCCCCCC[C@@H](F)CCCCCCCCC(=O)O. The van der Waals surface area contributed by atoms with E-state index in [9.17, 15) is 9.18 Å².